The zero-order valence-corrected chi connectivity index (χ0v) is 10.0. The number of halogens is 1. The summed E-state index contributed by atoms with van der Waals surface area (Å²) in [5.41, 5.74) is 2.13. The minimum atomic E-state index is -1.02. The number of methoxy groups -OCH3 is 1. The minimum Gasteiger partial charge on any atom is -0.496 e. The first kappa shape index (κ1) is 12.3. The van der Waals surface area contributed by atoms with E-state index in [1.54, 1.807) is 12.1 Å². The lowest BCUT2D eigenvalue weighted by Crippen LogP contribution is -2.04. The maximum atomic E-state index is 12.5. The highest BCUT2D eigenvalue weighted by Crippen LogP contribution is 2.26. The number of carbonyl (C=O) groups is 1. The maximum Gasteiger partial charge on any atom is 0.197 e. The van der Waals surface area contributed by atoms with E-state index in [1.807, 2.05) is 36.4 Å². The quantitative estimate of drug-likeness (QED) is 0.769. The smallest absolute Gasteiger partial charge is 0.197 e. The first-order chi connectivity index (χ1) is 8.76. The fourth-order valence-corrected chi connectivity index (χ4v) is 1.81. The number of rotatable bonds is 4. The van der Waals surface area contributed by atoms with Crippen LogP contribution >= 0.6 is 0 Å². The van der Waals surface area contributed by atoms with Crippen molar-refractivity contribution in [3.63, 3.8) is 0 Å². The molecule has 0 aromatic heterocycles. The van der Waals surface area contributed by atoms with Gasteiger partial charge in [0.15, 0.2) is 12.5 Å². The molecule has 3 heteroatoms. The largest absolute Gasteiger partial charge is 0.496 e. The molecular weight excluding hydrogens is 231 g/mol. The molecule has 0 fully saturated rings. The number of carbonyl (C=O) groups excluding carboxylic acids is 1. The van der Waals surface area contributed by atoms with Crippen LogP contribution in [0.3, 0.4) is 0 Å². The first-order valence-corrected chi connectivity index (χ1v) is 5.59. The van der Waals surface area contributed by atoms with E-state index >= 15 is 0 Å². The molecule has 0 bridgehead atoms. The van der Waals surface area contributed by atoms with Crippen molar-refractivity contribution in [1.82, 2.24) is 0 Å². The molecule has 0 heterocycles. The normalized spacial score (nSPS) is 10.1. The van der Waals surface area contributed by atoms with Gasteiger partial charge in [-0.05, 0) is 23.3 Å². The van der Waals surface area contributed by atoms with Gasteiger partial charge < -0.3 is 4.74 Å². The zero-order chi connectivity index (χ0) is 13.0. The standard InChI is InChI=1S/C15H13FO2/c1-18-15-8-7-12(9-13(15)14(17)10-16)11-5-3-2-4-6-11/h2-9H,10H2,1H3. The third-order valence-electron chi connectivity index (χ3n) is 2.73. The topological polar surface area (TPSA) is 26.3 Å². The Morgan fingerprint density at radius 1 is 1.11 bits per heavy atom. The van der Waals surface area contributed by atoms with Crippen molar-refractivity contribution in [1.29, 1.82) is 0 Å². The van der Waals surface area contributed by atoms with Crippen LogP contribution in [0, 0.1) is 0 Å². The Morgan fingerprint density at radius 2 is 1.83 bits per heavy atom. The molecule has 0 aliphatic heterocycles. The predicted molar refractivity (Wildman–Crippen MR) is 68.7 cm³/mol. The molecule has 0 saturated carbocycles. The molecule has 2 aromatic rings. The van der Waals surface area contributed by atoms with Crippen molar-refractivity contribution in [3.8, 4) is 16.9 Å². The van der Waals surface area contributed by atoms with Gasteiger partial charge in [-0.2, -0.15) is 0 Å². The molecule has 0 radical (unpaired) electrons. The Kier molecular flexibility index (Phi) is 3.72. The Labute approximate surface area is 105 Å². The highest BCUT2D eigenvalue weighted by atomic mass is 19.1. The molecule has 2 nitrogen and oxygen atoms in total. The third kappa shape index (κ3) is 2.40. The molecule has 18 heavy (non-hydrogen) atoms. The van der Waals surface area contributed by atoms with Crippen molar-refractivity contribution >= 4 is 5.78 Å². The molecular formula is C15H13FO2. The summed E-state index contributed by atoms with van der Waals surface area (Å²) in [4.78, 5) is 11.5. The summed E-state index contributed by atoms with van der Waals surface area (Å²) in [5.74, 6) is -0.165. The van der Waals surface area contributed by atoms with E-state index in [-0.39, 0.29) is 5.56 Å². The zero-order valence-electron chi connectivity index (χ0n) is 10.0. The Hall–Kier alpha value is -2.16. The van der Waals surface area contributed by atoms with Gasteiger partial charge in [-0.1, -0.05) is 36.4 Å². The first-order valence-electron chi connectivity index (χ1n) is 5.59. The number of alkyl halides is 1. The van der Waals surface area contributed by atoms with Crippen LogP contribution in [0.15, 0.2) is 48.5 Å². The number of benzene rings is 2. The molecule has 0 N–H and O–H groups in total. The highest BCUT2D eigenvalue weighted by Gasteiger charge is 2.13. The number of Topliss-reactive ketones (excluding diaryl/α,β-unsaturated/α-hetero) is 1. The van der Waals surface area contributed by atoms with Crippen LogP contribution in [0.25, 0.3) is 11.1 Å². The summed E-state index contributed by atoms with van der Waals surface area (Å²) in [5, 5.41) is 0. The van der Waals surface area contributed by atoms with Crippen molar-refractivity contribution in [2.45, 2.75) is 0 Å². The fourth-order valence-electron chi connectivity index (χ4n) is 1.81. The Morgan fingerprint density at radius 3 is 2.44 bits per heavy atom. The van der Waals surface area contributed by atoms with Gasteiger partial charge in [-0.3, -0.25) is 4.79 Å². The van der Waals surface area contributed by atoms with E-state index in [4.69, 9.17) is 4.74 Å². The number of hydrogen-bond acceptors (Lipinski definition) is 2. The summed E-state index contributed by atoms with van der Waals surface area (Å²) in [7, 11) is 1.46. The van der Waals surface area contributed by atoms with Crippen LogP contribution in [0.2, 0.25) is 0 Å². The van der Waals surface area contributed by atoms with Crippen molar-refractivity contribution < 1.29 is 13.9 Å². The molecule has 0 aliphatic rings. The van der Waals surface area contributed by atoms with E-state index in [9.17, 15) is 9.18 Å². The molecule has 0 aliphatic carbocycles. The summed E-state index contributed by atoms with van der Waals surface area (Å²) >= 11 is 0. The second kappa shape index (κ2) is 5.45. The SMILES string of the molecule is COc1ccc(-c2ccccc2)cc1C(=O)CF. The van der Waals surface area contributed by atoms with Crippen LogP contribution in [0.1, 0.15) is 10.4 Å². The Balaban J connectivity index is 2.49. The van der Waals surface area contributed by atoms with Gasteiger partial charge in [0.2, 0.25) is 0 Å². The van der Waals surface area contributed by atoms with Crippen LogP contribution in [-0.4, -0.2) is 19.6 Å². The monoisotopic (exact) mass is 244 g/mol. The van der Waals surface area contributed by atoms with Gasteiger partial charge in [0, 0.05) is 0 Å². The van der Waals surface area contributed by atoms with Crippen molar-refractivity contribution in [2.24, 2.45) is 0 Å². The molecule has 2 aromatic carbocycles. The average Bonchev–Trinajstić information content (AvgIpc) is 2.46. The second-order valence-corrected chi connectivity index (χ2v) is 3.84. The molecule has 0 atom stereocenters. The second-order valence-electron chi connectivity index (χ2n) is 3.84. The average molecular weight is 244 g/mol. The van der Waals surface area contributed by atoms with Gasteiger partial charge in [-0.15, -0.1) is 0 Å². The predicted octanol–water partition coefficient (Wildman–Crippen LogP) is 3.51. The lowest BCUT2D eigenvalue weighted by molar-refractivity contribution is 0.0955. The molecule has 0 saturated heterocycles. The lowest BCUT2D eigenvalue weighted by atomic mass is 10.0. The summed E-state index contributed by atoms with van der Waals surface area (Å²) < 4.78 is 17.6. The van der Waals surface area contributed by atoms with E-state index in [1.165, 1.54) is 7.11 Å². The van der Waals surface area contributed by atoms with Gasteiger partial charge >= 0.3 is 0 Å². The molecule has 0 spiro atoms. The van der Waals surface area contributed by atoms with Crippen LogP contribution in [0.4, 0.5) is 4.39 Å². The van der Waals surface area contributed by atoms with E-state index in [0.717, 1.165) is 11.1 Å². The van der Waals surface area contributed by atoms with Gasteiger partial charge in [0.1, 0.15) is 5.75 Å². The summed E-state index contributed by atoms with van der Waals surface area (Å²) in [6.45, 7) is -1.02. The van der Waals surface area contributed by atoms with Gasteiger partial charge in [-0.25, -0.2) is 4.39 Å². The van der Waals surface area contributed by atoms with Crippen molar-refractivity contribution in [2.75, 3.05) is 13.8 Å². The molecule has 0 unspecified atom stereocenters. The van der Waals surface area contributed by atoms with Crippen molar-refractivity contribution in [3.05, 3.63) is 54.1 Å². The molecule has 2 rings (SSSR count). The lowest BCUT2D eigenvalue weighted by Gasteiger charge is -2.09. The van der Waals surface area contributed by atoms with E-state index in [0.29, 0.717) is 5.75 Å². The number of ketones is 1. The fraction of sp³-hybridized carbons (Fsp3) is 0.133. The number of hydrogen-bond donors (Lipinski definition) is 0. The highest BCUT2D eigenvalue weighted by molar-refractivity contribution is 6.00. The number of ether oxygens (including phenoxy) is 1. The summed E-state index contributed by atoms with van der Waals surface area (Å²) in [6, 6.07) is 14.8. The maximum absolute atomic E-state index is 12.5. The Bertz CT molecular complexity index is 550. The van der Waals surface area contributed by atoms with Crippen LogP contribution in [-0.2, 0) is 0 Å². The summed E-state index contributed by atoms with van der Waals surface area (Å²) in [6.07, 6.45) is 0. The van der Waals surface area contributed by atoms with E-state index in [2.05, 4.69) is 0 Å². The minimum absolute atomic E-state index is 0.279. The van der Waals surface area contributed by atoms with Gasteiger partial charge in [0.25, 0.3) is 0 Å². The van der Waals surface area contributed by atoms with Crippen LogP contribution in [0.5, 0.6) is 5.75 Å². The molecule has 0 amide bonds. The van der Waals surface area contributed by atoms with Crippen LogP contribution < -0.4 is 4.74 Å². The molecule has 92 valence electrons. The third-order valence-corrected chi connectivity index (χ3v) is 2.73. The van der Waals surface area contributed by atoms with E-state index < -0.39 is 12.5 Å². The van der Waals surface area contributed by atoms with Gasteiger partial charge in [0.05, 0.1) is 12.7 Å².